The molecule has 2 saturated carbocycles. The molecule has 1 aliphatic heterocycles. The fraction of sp³-hybridized carbons (Fsp3) is 0.556. The standard InChI is InChI=1S/C18H22FN5O3/c1-27-15-13(22-7-11(20)18(8-22)4-5-18)10(19)6-23-14(15)12(9-2-3-9)16(25)24(21)17(23)26/h6,9,11H,2-5,7-8,20-21H2,1H3. The van der Waals surface area contributed by atoms with Crippen LogP contribution in [0.2, 0.25) is 0 Å². The molecular weight excluding hydrogens is 353 g/mol. The third-order valence-electron chi connectivity index (χ3n) is 6.36. The second-order valence-corrected chi connectivity index (χ2v) is 8.07. The van der Waals surface area contributed by atoms with E-state index in [9.17, 15) is 9.59 Å². The number of ether oxygens (including phenoxy) is 1. The second-order valence-electron chi connectivity index (χ2n) is 8.07. The normalized spacial score (nSPS) is 23.4. The van der Waals surface area contributed by atoms with Crippen molar-refractivity contribution in [3.05, 3.63) is 38.4 Å². The minimum atomic E-state index is -0.792. The van der Waals surface area contributed by atoms with Gasteiger partial charge < -0.3 is 21.2 Å². The maximum absolute atomic E-state index is 15.1. The SMILES string of the molecule is COc1c(N2CC(N)C3(CC3)C2)c(F)cn2c(=O)n(N)c(=O)c(C3CC3)c12. The van der Waals surface area contributed by atoms with E-state index in [1.165, 1.54) is 7.11 Å². The van der Waals surface area contributed by atoms with Gasteiger partial charge in [-0.3, -0.25) is 9.20 Å². The molecular formula is C18H22FN5O3. The molecule has 27 heavy (non-hydrogen) atoms. The molecule has 0 aromatic carbocycles. The first kappa shape index (κ1) is 16.6. The van der Waals surface area contributed by atoms with Gasteiger partial charge in [0, 0.05) is 24.5 Å². The molecule has 0 bridgehead atoms. The topological polar surface area (TPSA) is 108 Å². The zero-order valence-corrected chi connectivity index (χ0v) is 15.1. The van der Waals surface area contributed by atoms with E-state index in [1.807, 2.05) is 4.90 Å². The quantitative estimate of drug-likeness (QED) is 0.738. The predicted octanol–water partition coefficient (Wildman–Crippen LogP) is 0.128. The summed E-state index contributed by atoms with van der Waals surface area (Å²) in [5.74, 6) is 5.28. The Labute approximate surface area is 154 Å². The largest absolute Gasteiger partial charge is 0.492 e. The summed E-state index contributed by atoms with van der Waals surface area (Å²) in [4.78, 5) is 27.1. The smallest absolute Gasteiger partial charge is 0.354 e. The Morgan fingerprint density at radius 2 is 2.00 bits per heavy atom. The molecule has 3 heterocycles. The molecule has 1 unspecified atom stereocenters. The van der Waals surface area contributed by atoms with Crippen LogP contribution in [0.3, 0.4) is 0 Å². The van der Waals surface area contributed by atoms with Gasteiger partial charge in [0.15, 0.2) is 11.6 Å². The lowest BCUT2D eigenvalue weighted by Crippen LogP contribution is -2.44. The van der Waals surface area contributed by atoms with Crippen molar-refractivity contribution in [1.82, 2.24) is 9.08 Å². The maximum atomic E-state index is 15.1. The zero-order valence-electron chi connectivity index (χ0n) is 15.1. The molecule has 4 N–H and O–H groups in total. The van der Waals surface area contributed by atoms with Crippen LogP contribution in [-0.4, -0.2) is 35.3 Å². The number of hydrogen-bond acceptors (Lipinski definition) is 6. The Morgan fingerprint density at radius 3 is 2.56 bits per heavy atom. The lowest BCUT2D eigenvalue weighted by molar-refractivity contribution is 0.412. The molecule has 9 heteroatoms. The van der Waals surface area contributed by atoms with Gasteiger partial charge in [-0.1, -0.05) is 0 Å². The van der Waals surface area contributed by atoms with Gasteiger partial charge >= 0.3 is 5.69 Å². The number of hydrogen-bond donors (Lipinski definition) is 2. The van der Waals surface area contributed by atoms with Crippen LogP contribution < -0.4 is 32.5 Å². The third-order valence-corrected chi connectivity index (χ3v) is 6.36. The molecule has 1 saturated heterocycles. The van der Waals surface area contributed by atoms with Crippen LogP contribution >= 0.6 is 0 Å². The Bertz CT molecular complexity index is 1080. The number of rotatable bonds is 3. The highest BCUT2D eigenvalue weighted by Crippen LogP contribution is 2.54. The summed E-state index contributed by atoms with van der Waals surface area (Å²) >= 11 is 0. The number of nitrogen functional groups attached to an aromatic ring is 1. The Kier molecular flexibility index (Phi) is 3.23. The van der Waals surface area contributed by atoms with Crippen molar-refractivity contribution < 1.29 is 9.13 Å². The molecule has 0 amide bonds. The van der Waals surface area contributed by atoms with E-state index in [0.29, 0.717) is 28.8 Å². The number of nitrogens with zero attached hydrogens (tertiary/aromatic N) is 3. The zero-order chi connectivity index (χ0) is 19.1. The lowest BCUT2D eigenvalue weighted by Gasteiger charge is -2.24. The van der Waals surface area contributed by atoms with Gasteiger partial charge in [0.1, 0.15) is 11.2 Å². The van der Waals surface area contributed by atoms with Crippen LogP contribution in [0.5, 0.6) is 5.75 Å². The molecule has 0 radical (unpaired) electrons. The fourth-order valence-corrected chi connectivity index (χ4v) is 4.49. The highest BCUT2D eigenvalue weighted by Gasteiger charge is 2.54. The molecule has 1 spiro atoms. The van der Waals surface area contributed by atoms with Gasteiger partial charge in [-0.25, -0.2) is 9.18 Å². The van der Waals surface area contributed by atoms with Crippen molar-refractivity contribution >= 4 is 11.2 Å². The number of anilines is 1. The van der Waals surface area contributed by atoms with Crippen LogP contribution in [0, 0.1) is 11.2 Å². The average molecular weight is 375 g/mol. The van der Waals surface area contributed by atoms with E-state index in [2.05, 4.69) is 0 Å². The number of aromatic nitrogens is 2. The highest BCUT2D eigenvalue weighted by molar-refractivity contribution is 5.78. The van der Waals surface area contributed by atoms with Gasteiger partial charge in [-0.15, -0.1) is 0 Å². The molecule has 3 fully saturated rings. The van der Waals surface area contributed by atoms with E-state index in [0.717, 1.165) is 36.3 Å². The minimum absolute atomic E-state index is 0.00530. The van der Waals surface area contributed by atoms with Crippen molar-refractivity contribution in [2.24, 2.45) is 11.1 Å². The van der Waals surface area contributed by atoms with Crippen LogP contribution in [0.4, 0.5) is 10.1 Å². The summed E-state index contributed by atoms with van der Waals surface area (Å²) in [5, 5.41) is 0. The third kappa shape index (κ3) is 2.17. The van der Waals surface area contributed by atoms with E-state index in [4.69, 9.17) is 16.3 Å². The van der Waals surface area contributed by atoms with Crippen molar-refractivity contribution in [2.75, 3.05) is 30.9 Å². The first-order valence-corrected chi connectivity index (χ1v) is 9.21. The Morgan fingerprint density at radius 1 is 1.30 bits per heavy atom. The number of halogens is 1. The molecule has 8 nitrogen and oxygen atoms in total. The molecule has 2 aromatic heterocycles. The monoisotopic (exact) mass is 375 g/mol. The Hall–Kier alpha value is -2.55. The maximum Gasteiger partial charge on any atom is 0.354 e. The molecule has 5 rings (SSSR count). The summed E-state index contributed by atoms with van der Waals surface area (Å²) in [6, 6.07) is -0.0278. The van der Waals surface area contributed by atoms with Crippen molar-refractivity contribution in [1.29, 1.82) is 0 Å². The summed E-state index contributed by atoms with van der Waals surface area (Å²) in [6.45, 7) is 1.16. The van der Waals surface area contributed by atoms with E-state index < -0.39 is 17.1 Å². The molecule has 1 atom stereocenters. The molecule has 2 aromatic rings. The van der Waals surface area contributed by atoms with Crippen LogP contribution in [-0.2, 0) is 0 Å². The minimum Gasteiger partial charge on any atom is -0.492 e. The summed E-state index contributed by atoms with van der Waals surface area (Å²) in [6.07, 6.45) is 4.83. The predicted molar refractivity (Wildman–Crippen MR) is 98.4 cm³/mol. The fourth-order valence-electron chi connectivity index (χ4n) is 4.49. The van der Waals surface area contributed by atoms with E-state index in [1.54, 1.807) is 0 Å². The molecule has 144 valence electrons. The van der Waals surface area contributed by atoms with E-state index >= 15 is 4.39 Å². The van der Waals surface area contributed by atoms with Gasteiger partial charge in [0.2, 0.25) is 0 Å². The lowest BCUT2D eigenvalue weighted by atomic mass is 10.0. The van der Waals surface area contributed by atoms with Crippen molar-refractivity contribution in [3.8, 4) is 5.75 Å². The van der Waals surface area contributed by atoms with Crippen LogP contribution in [0.1, 0.15) is 37.2 Å². The first-order valence-electron chi connectivity index (χ1n) is 9.21. The summed E-state index contributed by atoms with van der Waals surface area (Å²) in [5.41, 5.74) is 6.00. The van der Waals surface area contributed by atoms with Crippen molar-refractivity contribution in [2.45, 2.75) is 37.6 Å². The summed E-state index contributed by atoms with van der Waals surface area (Å²) < 4.78 is 22.3. The van der Waals surface area contributed by atoms with Crippen LogP contribution in [0.15, 0.2) is 15.8 Å². The van der Waals surface area contributed by atoms with Crippen LogP contribution in [0.25, 0.3) is 5.52 Å². The molecule has 2 aliphatic carbocycles. The number of pyridine rings is 1. The number of fused-ring (bicyclic) bond motifs is 1. The number of nitrogens with two attached hydrogens (primary N) is 2. The Balaban J connectivity index is 1.82. The van der Waals surface area contributed by atoms with Gasteiger partial charge in [-0.2, -0.15) is 4.68 Å². The van der Waals surface area contributed by atoms with Crippen molar-refractivity contribution in [3.63, 3.8) is 0 Å². The first-order chi connectivity index (χ1) is 12.9. The average Bonchev–Trinajstić information content (AvgIpc) is 3.54. The van der Waals surface area contributed by atoms with Gasteiger partial charge in [0.25, 0.3) is 5.56 Å². The second kappa shape index (κ2) is 5.25. The van der Waals surface area contributed by atoms with Gasteiger partial charge in [0.05, 0.1) is 18.9 Å². The summed E-state index contributed by atoms with van der Waals surface area (Å²) in [7, 11) is 1.43. The molecule has 3 aliphatic rings. The highest BCUT2D eigenvalue weighted by atomic mass is 19.1. The van der Waals surface area contributed by atoms with Gasteiger partial charge in [-0.05, 0) is 31.6 Å². The van der Waals surface area contributed by atoms with E-state index in [-0.39, 0.29) is 28.8 Å². The number of methoxy groups -OCH3 is 1.